The molecule has 2 aromatic carbocycles. The van der Waals surface area contributed by atoms with Crippen LogP contribution in [0.15, 0.2) is 59.8 Å². The number of para-hydroxylation sites is 2. The molecule has 1 aliphatic carbocycles. The van der Waals surface area contributed by atoms with Crippen molar-refractivity contribution in [2.45, 2.75) is 45.6 Å². The highest BCUT2D eigenvalue weighted by atomic mass is 16.1. The minimum Gasteiger partial charge on any atom is -0.372 e. The van der Waals surface area contributed by atoms with E-state index in [0.717, 1.165) is 34.6 Å². The Hall–Kier alpha value is -2.55. The summed E-state index contributed by atoms with van der Waals surface area (Å²) >= 11 is 0. The van der Waals surface area contributed by atoms with E-state index in [2.05, 4.69) is 67.8 Å². The summed E-state index contributed by atoms with van der Waals surface area (Å²) in [7, 11) is 0. The van der Waals surface area contributed by atoms with Gasteiger partial charge in [0.2, 0.25) is 0 Å². The zero-order valence-corrected chi connectivity index (χ0v) is 15.7. The van der Waals surface area contributed by atoms with E-state index in [4.69, 9.17) is 0 Å². The molecule has 0 aromatic heterocycles. The smallest absolute Gasteiger partial charge is 0.163 e. The Labute approximate surface area is 155 Å². The number of hydrogen-bond donors (Lipinski definition) is 2. The lowest BCUT2D eigenvalue weighted by Crippen LogP contribution is -2.26. The van der Waals surface area contributed by atoms with Crippen LogP contribution in [0.25, 0.3) is 0 Å². The van der Waals surface area contributed by atoms with Gasteiger partial charge in [-0.15, -0.1) is 0 Å². The maximum atomic E-state index is 13.0. The average Bonchev–Trinajstić information content (AvgIpc) is 2.78. The summed E-state index contributed by atoms with van der Waals surface area (Å²) in [5.74, 6) is 1.13. The molecule has 3 heteroatoms. The molecule has 2 aromatic rings. The number of hydrogen-bond acceptors (Lipinski definition) is 3. The number of allylic oxidation sites excluding steroid dienone is 1. The van der Waals surface area contributed by atoms with Gasteiger partial charge in [-0.2, -0.15) is 0 Å². The predicted molar refractivity (Wildman–Crippen MR) is 107 cm³/mol. The van der Waals surface area contributed by atoms with Gasteiger partial charge in [0, 0.05) is 17.7 Å². The zero-order chi connectivity index (χ0) is 18.3. The Bertz CT molecular complexity index is 864. The molecule has 2 N–H and O–H groups in total. The van der Waals surface area contributed by atoms with E-state index in [-0.39, 0.29) is 11.8 Å². The van der Waals surface area contributed by atoms with Gasteiger partial charge in [-0.3, -0.25) is 4.79 Å². The first kappa shape index (κ1) is 16.9. The number of benzene rings is 2. The van der Waals surface area contributed by atoms with Crippen molar-refractivity contribution in [1.29, 1.82) is 0 Å². The van der Waals surface area contributed by atoms with Gasteiger partial charge >= 0.3 is 0 Å². The number of carbonyl (C=O) groups is 1. The number of anilines is 2. The van der Waals surface area contributed by atoms with Crippen molar-refractivity contribution in [3.05, 3.63) is 70.9 Å². The lowest BCUT2D eigenvalue weighted by atomic mass is 9.82. The predicted octanol–water partition coefficient (Wildman–Crippen LogP) is 5.64. The van der Waals surface area contributed by atoms with Crippen LogP contribution in [0.2, 0.25) is 0 Å². The number of rotatable bonds is 2. The van der Waals surface area contributed by atoms with Crippen molar-refractivity contribution in [2.75, 3.05) is 10.6 Å². The molecular formula is C23H26N2O. The Morgan fingerprint density at radius 3 is 2.35 bits per heavy atom. The van der Waals surface area contributed by atoms with Gasteiger partial charge in [-0.1, -0.05) is 57.2 Å². The molecule has 26 heavy (non-hydrogen) atoms. The van der Waals surface area contributed by atoms with Gasteiger partial charge in [0.25, 0.3) is 0 Å². The van der Waals surface area contributed by atoms with Crippen LogP contribution in [-0.2, 0) is 4.79 Å². The summed E-state index contributed by atoms with van der Waals surface area (Å²) in [5.41, 5.74) is 6.52. The van der Waals surface area contributed by atoms with Gasteiger partial charge in [-0.25, -0.2) is 0 Å². The van der Waals surface area contributed by atoms with Gasteiger partial charge < -0.3 is 10.6 Å². The summed E-state index contributed by atoms with van der Waals surface area (Å²) in [6.45, 7) is 6.55. The maximum Gasteiger partial charge on any atom is 0.163 e. The number of ketones is 1. The second-order valence-corrected chi connectivity index (χ2v) is 7.90. The van der Waals surface area contributed by atoms with Crippen LogP contribution in [0.3, 0.4) is 0 Å². The highest BCUT2D eigenvalue weighted by Gasteiger charge is 2.34. The van der Waals surface area contributed by atoms with Crippen molar-refractivity contribution < 1.29 is 4.79 Å². The highest BCUT2D eigenvalue weighted by Crippen LogP contribution is 2.41. The van der Waals surface area contributed by atoms with Crippen LogP contribution in [-0.4, -0.2) is 5.78 Å². The van der Waals surface area contributed by atoms with E-state index in [1.807, 2.05) is 12.1 Å². The standard InChI is InChI=1S/C23H26N2O/c1-14(2)16-8-10-17(11-9-16)23-22-20(12-15(3)13-21(22)26)24-18-6-4-5-7-19(18)25-23/h4-11,14-15,23-25H,12-13H2,1-3H3/t15-,23+/m1/s1. The second kappa shape index (κ2) is 6.64. The van der Waals surface area contributed by atoms with Gasteiger partial charge in [-0.05, 0) is 41.5 Å². The minimum absolute atomic E-state index is 0.109. The number of fused-ring (bicyclic) bond motifs is 1. The lowest BCUT2D eigenvalue weighted by molar-refractivity contribution is -0.117. The minimum atomic E-state index is -0.109. The largest absolute Gasteiger partial charge is 0.372 e. The Balaban J connectivity index is 1.82. The van der Waals surface area contributed by atoms with Crippen LogP contribution in [0.4, 0.5) is 11.4 Å². The monoisotopic (exact) mass is 346 g/mol. The lowest BCUT2D eigenvalue weighted by Gasteiger charge is -2.28. The molecule has 4 rings (SSSR count). The summed E-state index contributed by atoms with van der Waals surface area (Å²) in [6.07, 6.45) is 1.54. The molecule has 0 unspecified atom stereocenters. The quantitative estimate of drug-likeness (QED) is 0.739. The third-order valence-corrected chi connectivity index (χ3v) is 5.45. The normalized spacial score (nSPS) is 22.2. The Kier molecular flexibility index (Phi) is 4.31. The third-order valence-electron chi connectivity index (χ3n) is 5.45. The molecule has 134 valence electrons. The van der Waals surface area contributed by atoms with Crippen LogP contribution in [0.5, 0.6) is 0 Å². The topological polar surface area (TPSA) is 41.1 Å². The number of Topliss-reactive ketones (excluding diaryl/α,β-unsaturated/α-hetero) is 1. The van der Waals surface area contributed by atoms with Crippen molar-refractivity contribution >= 4 is 17.2 Å². The molecular weight excluding hydrogens is 320 g/mol. The van der Waals surface area contributed by atoms with Crippen LogP contribution >= 0.6 is 0 Å². The first-order valence-electron chi connectivity index (χ1n) is 9.51. The molecule has 0 radical (unpaired) electrons. The van der Waals surface area contributed by atoms with Crippen molar-refractivity contribution in [3.63, 3.8) is 0 Å². The third kappa shape index (κ3) is 3.03. The van der Waals surface area contributed by atoms with Gasteiger partial charge in [0.05, 0.1) is 17.4 Å². The fourth-order valence-corrected chi connectivity index (χ4v) is 4.01. The first-order chi connectivity index (χ1) is 12.5. The highest BCUT2D eigenvalue weighted by molar-refractivity contribution is 6.00. The summed E-state index contributed by atoms with van der Waals surface area (Å²) in [4.78, 5) is 13.0. The molecule has 2 aliphatic rings. The van der Waals surface area contributed by atoms with Crippen molar-refractivity contribution in [1.82, 2.24) is 0 Å². The Morgan fingerprint density at radius 1 is 0.962 bits per heavy atom. The second-order valence-electron chi connectivity index (χ2n) is 7.90. The van der Waals surface area contributed by atoms with Crippen molar-refractivity contribution in [3.8, 4) is 0 Å². The van der Waals surface area contributed by atoms with E-state index in [1.54, 1.807) is 0 Å². The summed E-state index contributed by atoms with van der Waals surface area (Å²) < 4.78 is 0. The van der Waals surface area contributed by atoms with E-state index in [9.17, 15) is 4.79 Å². The summed E-state index contributed by atoms with van der Waals surface area (Å²) in [5, 5.41) is 7.18. The van der Waals surface area contributed by atoms with E-state index < -0.39 is 0 Å². The molecule has 2 atom stereocenters. The average molecular weight is 346 g/mol. The molecule has 0 fully saturated rings. The number of carbonyl (C=O) groups excluding carboxylic acids is 1. The zero-order valence-electron chi connectivity index (χ0n) is 15.7. The first-order valence-corrected chi connectivity index (χ1v) is 9.51. The molecule has 0 spiro atoms. The number of nitrogens with one attached hydrogen (secondary N) is 2. The summed E-state index contributed by atoms with van der Waals surface area (Å²) in [6, 6.07) is 16.8. The fourth-order valence-electron chi connectivity index (χ4n) is 4.01. The van der Waals surface area contributed by atoms with E-state index in [0.29, 0.717) is 18.3 Å². The van der Waals surface area contributed by atoms with Crippen molar-refractivity contribution in [2.24, 2.45) is 5.92 Å². The molecule has 1 aliphatic heterocycles. The molecule has 1 heterocycles. The van der Waals surface area contributed by atoms with Crippen LogP contribution in [0, 0.1) is 5.92 Å². The molecule has 3 nitrogen and oxygen atoms in total. The molecule has 0 bridgehead atoms. The SMILES string of the molecule is CC(C)c1ccc([C@@H]2Nc3ccccc3NC3=C2C(=O)C[C@H](C)C3)cc1. The molecule has 0 saturated carbocycles. The maximum absolute atomic E-state index is 13.0. The van der Waals surface area contributed by atoms with Crippen LogP contribution in [0.1, 0.15) is 56.7 Å². The van der Waals surface area contributed by atoms with Gasteiger partial charge in [0.1, 0.15) is 0 Å². The molecule has 0 saturated heterocycles. The Morgan fingerprint density at radius 2 is 1.65 bits per heavy atom. The molecule has 0 amide bonds. The van der Waals surface area contributed by atoms with Gasteiger partial charge in [0.15, 0.2) is 5.78 Å². The van der Waals surface area contributed by atoms with Crippen LogP contribution < -0.4 is 10.6 Å². The van der Waals surface area contributed by atoms with E-state index >= 15 is 0 Å². The van der Waals surface area contributed by atoms with E-state index in [1.165, 1.54) is 5.56 Å². The fraction of sp³-hybridized carbons (Fsp3) is 0.348.